The molecule has 0 aliphatic heterocycles. The highest BCUT2D eigenvalue weighted by molar-refractivity contribution is 4.68. The van der Waals surface area contributed by atoms with Crippen molar-refractivity contribution in [3.8, 4) is 0 Å². The molecule has 0 aliphatic carbocycles. The Hall–Kier alpha value is -0.120. The quantitative estimate of drug-likeness (QED) is 0.558. The summed E-state index contributed by atoms with van der Waals surface area (Å²) in [5.74, 6) is 0. The molecule has 13 heavy (non-hydrogen) atoms. The van der Waals surface area contributed by atoms with E-state index >= 15 is 0 Å². The molecule has 0 radical (unpaired) electrons. The van der Waals surface area contributed by atoms with Gasteiger partial charge in [-0.1, -0.05) is 20.8 Å². The van der Waals surface area contributed by atoms with E-state index in [9.17, 15) is 0 Å². The fourth-order valence-corrected chi connectivity index (χ4v) is 0.882. The largest absolute Gasteiger partial charge is 0.379 e. The molecule has 0 unspecified atom stereocenters. The second-order valence-electron chi connectivity index (χ2n) is 4.10. The summed E-state index contributed by atoms with van der Waals surface area (Å²) in [4.78, 5) is 0. The van der Waals surface area contributed by atoms with E-state index in [0.29, 0.717) is 18.6 Å². The van der Waals surface area contributed by atoms with Gasteiger partial charge >= 0.3 is 0 Å². The average Bonchev–Trinajstić information content (AvgIpc) is 2.11. The summed E-state index contributed by atoms with van der Waals surface area (Å²) in [6, 6.07) is 0. The number of nitrogens with one attached hydrogen (secondary N) is 1. The summed E-state index contributed by atoms with van der Waals surface area (Å²) in [7, 11) is 0. The van der Waals surface area contributed by atoms with Crippen molar-refractivity contribution in [3.05, 3.63) is 0 Å². The van der Waals surface area contributed by atoms with E-state index in [1.807, 2.05) is 0 Å². The van der Waals surface area contributed by atoms with Crippen LogP contribution in [0.5, 0.6) is 0 Å². The Balaban J connectivity index is 3.16. The first kappa shape index (κ1) is 12.9. The van der Waals surface area contributed by atoms with Crippen molar-refractivity contribution < 1.29 is 4.74 Å². The Labute approximate surface area is 82.0 Å². The molecule has 0 aromatic rings. The van der Waals surface area contributed by atoms with Gasteiger partial charge in [-0.05, 0) is 11.8 Å². The van der Waals surface area contributed by atoms with Crippen molar-refractivity contribution >= 4 is 0 Å². The van der Waals surface area contributed by atoms with Crippen LogP contribution < -0.4 is 11.1 Å². The van der Waals surface area contributed by atoms with Crippen LogP contribution in [-0.4, -0.2) is 32.8 Å². The number of ether oxygens (including phenoxy) is 1. The van der Waals surface area contributed by atoms with Gasteiger partial charge in [-0.2, -0.15) is 0 Å². The van der Waals surface area contributed by atoms with Gasteiger partial charge in [0.05, 0.1) is 13.2 Å². The van der Waals surface area contributed by atoms with E-state index in [2.05, 4.69) is 26.1 Å². The Kier molecular flexibility index (Phi) is 7.23. The lowest BCUT2D eigenvalue weighted by atomic mass is 9.90. The van der Waals surface area contributed by atoms with Crippen LogP contribution in [0, 0.1) is 5.41 Å². The van der Waals surface area contributed by atoms with E-state index in [-0.39, 0.29) is 0 Å². The number of hydrogen-bond donors (Lipinski definition) is 2. The Morgan fingerprint density at radius 3 is 2.54 bits per heavy atom. The van der Waals surface area contributed by atoms with E-state index in [1.54, 1.807) is 0 Å². The van der Waals surface area contributed by atoms with Gasteiger partial charge in [-0.3, -0.25) is 0 Å². The molecule has 0 saturated carbocycles. The summed E-state index contributed by atoms with van der Waals surface area (Å²) >= 11 is 0. The number of rotatable bonds is 8. The molecular weight excluding hydrogens is 164 g/mol. The van der Waals surface area contributed by atoms with Crippen molar-refractivity contribution in [1.82, 2.24) is 5.32 Å². The zero-order chi connectivity index (χ0) is 10.2. The van der Waals surface area contributed by atoms with Gasteiger partial charge in [-0.15, -0.1) is 0 Å². The van der Waals surface area contributed by atoms with Crippen LogP contribution in [0.25, 0.3) is 0 Å². The van der Waals surface area contributed by atoms with Gasteiger partial charge in [0.1, 0.15) is 0 Å². The summed E-state index contributed by atoms with van der Waals surface area (Å²) in [5, 5.41) is 3.37. The van der Waals surface area contributed by atoms with Gasteiger partial charge in [0.2, 0.25) is 0 Å². The predicted octanol–water partition coefficient (Wildman–Crippen LogP) is 0.987. The first-order valence-corrected chi connectivity index (χ1v) is 5.11. The predicted molar refractivity (Wildman–Crippen MR) is 56.8 cm³/mol. The van der Waals surface area contributed by atoms with Crippen LogP contribution in [0.2, 0.25) is 0 Å². The fraction of sp³-hybridized carbons (Fsp3) is 1.00. The molecule has 0 atom stereocenters. The van der Waals surface area contributed by atoms with Crippen molar-refractivity contribution in [2.24, 2.45) is 11.1 Å². The monoisotopic (exact) mass is 188 g/mol. The molecule has 0 rings (SSSR count). The minimum absolute atomic E-state index is 0.397. The molecule has 0 aromatic heterocycles. The normalized spacial score (nSPS) is 12.0. The molecule has 3 N–H and O–H groups in total. The lowest BCUT2D eigenvalue weighted by Crippen LogP contribution is -2.31. The number of nitrogens with two attached hydrogens (primary N) is 1. The third kappa shape index (κ3) is 8.22. The molecule has 0 spiro atoms. The van der Waals surface area contributed by atoms with Crippen molar-refractivity contribution in [1.29, 1.82) is 0 Å². The second-order valence-corrected chi connectivity index (χ2v) is 4.10. The minimum atomic E-state index is 0.397. The molecule has 0 heterocycles. The van der Waals surface area contributed by atoms with E-state index < -0.39 is 0 Å². The highest BCUT2D eigenvalue weighted by atomic mass is 16.5. The summed E-state index contributed by atoms with van der Waals surface area (Å²) in [5.41, 5.74) is 5.69. The fourth-order valence-electron chi connectivity index (χ4n) is 0.882. The van der Waals surface area contributed by atoms with Crippen molar-refractivity contribution in [2.75, 3.05) is 32.8 Å². The van der Waals surface area contributed by atoms with Crippen LogP contribution >= 0.6 is 0 Å². The van der Waals surface area contributed by atoms with Crippen LogP contribution in [0.15, 0.2) is 0 Å². The van der Waals surface area contributed by atoms with Gasteiger partial charge in [-0.25, -0.2) is 0 Å². The number of hydrogen-bond acceptors (Lipinski definition) is 3. The molecule has 0 aliphatic rings. The highest BCUT2D eigenvalue weighted by Gasteiger charge is 2.13. The highest BCUT2D eigenvalue weighted by Crippen LogP contribution is 2.17. The van der Waals surface area contributed by atoms with Gasteiger partial charge in [0.25, 0.3) is 0 Å². The molecule has 0 amide bonds. The Morgan fingerprint density at radius 1 is 1.31 bits per heavy atom. The maximum absolute atomic E-state index is 5.29. The average molecular weight is 188 g/mol. The molecule has 0 saturated heterocycles. The molecule has 0 bridgehead atoms. The molecular formula is C10H24N2O. The van der Waals surface area contributed by atoms with E-state index in [1.165, 1.54) is 6.42 Å². The van der Waals surface area contributed by atoms with Crippen LogP contribution in [-0.2, 0) is 4.74 Å². The first-order chi connectivity index (χ1) is 6.12. The zero-order valence-electron chi connectivity index (χ0n) is 9.23. The SMILES string of the molecule is CCC(C)(C)CNCCOCCN. The van der Waals surface area contributed by atoms with Gasteiger partial charge in [0.15, 0.2) is 0 Å². The maximum atomic E-state index is 5.29. The molecule has 3 heteroatoms. The molecule has 0 aromatic carbocycles. The smallest absolute Gasteiger partial charge is 0.0591 e. The lowest BCUT2D eigenvalue weighted by molar-refractivity contribution is 0.140. The third-order valence-electron chi connectivity index (χ3n) is 2.25. The topological polar surface area (TPSA) is 47.3 Å². The molecule has 3 nitrogen and oxygen atoms in total. The zero-order valence-corrected chi connectivity index (χ0v) is 9.23. The lowest BCUT2D eigenvalue weighted by Gasteiger charge is -2.22. The van der Waals surface area contributed by atoms with E-state index in [4.69, 9.17) is 10.5 Å². The van der Waals surface area contributed by atoms with Crippen molar-refractivity contribution in [3.63, 3.8) is 0 Å². The summed E-state index contributed by atoms with van der Waals surface area (Å²) in [6.45, 7) is 10.8. The van der Waals surface area contributed by atoms with Gasteiger partial charge < -0.3 is 15.8 Å². The van der Waals surface area contributed by atoms with Crippen LogP contribution in [0.3, 0.4) is 0 Å². The first-order valence-electron chi connectivity index (χ1n) is 5.11. The van der Waals surface area contributed by atoms with Gasteiger partial charge in [0, 0.05) is 19.6 Å². The molecule has 0 fully saturated rings. The minimum Gasteiger partial charge on any atom is -0.379 e. The maximum Gasteiger partial charge on any atom is 0.0591 e. The third-order valence-corrected chi connectivity index (χ3v) is 2.25. The second kappa shape index (κ2) is 7.30. The molecule has 80 valence electrons. The van der Waals surface area contributed by atoms with Crippen molar-refractivity contribution in [2.45, 2.75) is 27.2 Å². The Bertz CT molecular complexity index is 115. The summed E-state index contributed by atoms with van der Waals surface area (Å²) < 4.78 is 5.24. The van der Waals surface area contributed by atoms with E-state index in [0.717, 1.165) is 19.7 Å². The van der Waals surface area contributed by atoms with Crippen LogP contribution in [0.1, 0.15) is 27.2 Å². The Morgan fingerprint density at radius 2 is 2.00 bits per heavy atom. The standard InChI is InChI=1S/C10H24N2O/c1-4-10(2,3)9-12-6-8-13-7-5-11/h12H,4-9,11H2,1-3H3. The summed E-state index contributed by atoms with van der Waals surface area (Å²) in [6.07, 6.45) is 1.20. The van der Waals surface area contributed by atoms with Crippen LogP contribution in [0.4, 0.5) is 0 Å².